The molecule has 176 valence electrons. The van der Waals surface area contributed by atoms with Crippen molar-refractivity contribution in [2.45, 2.75) is 69.8 Å². The second-order valence-corrected chi connectivity index (χ2v) is 9.61. The number of nitrogens with one attached hydrogen (secondary N) is 2. The van der Waals surface area contributed by atoms with Crippen molar-refractivity contribution in [2.24, 2.45) is 5.92 Å². The topological polar surface area (TPSA) is 67.4 Å². The summed E-state index contributed by atoms with van der Waals surface area (Å²) in [5.74, 6) is -0.0597. The molecule has 1 saturated heterocycles. The third-order valence-corrected chi connectivity index (χ3v) is 7.27. The van der Waals surface area contributed by atoms with Gasteiger partial charge in [-0.2, -0.15) is 0 Å². The lowest BCUT2D eigenvalue weighted by Gasteiger charge is -2.35. The third kappa shape index (κ3) is 5.77. The minimum atomic E-state index is -0.770. The van der Waals surface area contributed by atoms with E-state index in [-0.39, 0.29) is 17.7 Å². The Bertz CT molecular complexity index is 947. The summed E-state index contributed by atoms with van der Waals surface area (Å²) in [6.45, 7) is 0.627. The van der Waals surface area contributed by atoms with Gasteiger partial charge in [0.25, 0.3) is 11.8 Å². The van der Waals surface area contributed by atoms with E-state index >= 15 is 0 Å². The number of carbonyl (C=O) groups excluding carboxylic acids is 2. The van der Waals surface area contributed by atoms with Crippen LogP contribution in [0.1, 0.15) is 74.6 Å². The summed E-state index contributed by atoms with van der Waals surface area (Å²) < 4.78 is 6.20. The number of ether oxygens (including phenoxy) is 1. The molecule has 2 aliphatic rings. The van der Waals surface area contributed by atoms with Gasteiger partial charge in [-0.05, 0) is 61.9 Å². The van der Waals surface area contributed by atoms with E-state index in [9.17, 15) is 9.59 Å². The van der Waals surface area contributed by atoms with Crippen molar-refractivity contribution in [2.75, 3.05) is 17.2 Å². The predicted molar refractivity (Wildman–Crippen MR) is 133 cm³/mol. The Hall–Kier alpha value is -2.37. The number of halogens is 1. The first-order valence-electron chi connectivity index (χ1n) is 12.2. The smallest absolute Gasteiger partial charge is 0.256 e. The predicted octanol–water partition coefficient (Wildman–Crippen LogP) is 6.83. The molecule has 1 aliphatic heterocycles. The van der Waals surface area contributed by atoms with Crippen LogP contribution in [0.25, 0.3) is 0 Å². The van der Waals surface area contributed by atoms with Gasteiger partial charge in [-0.3, -0.25) is 9.59 Å². The maximum Gasteiger partial charge on any atom is 0.256 e. The summed E-state index contributed by atoms with van der Waals surface area (Å²) in [5.41, 5.74) is 0.919. The minimum Gasteiger partial charge on any atom is -0.365 e. The van der Waals surface area contributed by atoms with Gasteiger partial charge in [0.15, 0.2) is 0 Å². The summed E-state index contributed by atoms with van der Waals surface area (Å²) >= 11 is 6.50. The summed E-state index contributed by atoms with van der Waals surface area (Å²) in [6.07, 6.45) is 11.1. The summed E-state index contributed by atoms with van der Waals surface area (Å²) in [6, 6.07) is 14.2. The van der Waals surface area contributed by atoms with Crippen LogP contribution in [0.4, 0.5) is 11.4 Å². The monoisotopic (exact) mass is 468 g/mol. The van der Waals surface area contributed by atoms with E-state index in [1.807, 2.05) is 18.2 Å². The average Bonchev–Trinajstić information content (AvgIpc) is 3.36. The number of anilines is 2. The molecule has 0 bridgehead atoms. The zero-order valence-corrected chi connectivity index (χ0v) is 19.8. The second kappa shape index (κ2) is 11.2. The molecule has 5 nitrogen and oxygen atoms in total. The molecule has 2 aromatic rings. The molecule has 2 amide bonds. The number of amides is 2. The average molecular weight is 469 g/mol. The van der Waals surface area contributed by atoms with Crippen molar-refractivity contribution >= 4 is 34.8 Å². The quantitative estimate of drug-likeness (QED) is 0.505. The summed E-state index contributed by atoms with van der Waals surface area (Å²) in [5, 5.41) is 6.28. The molecule has 0 aromatic heterocycles. The van der Waals surface area contributed by atoms with E-state index in [0.717, 1.165) is 38.5 Å². The molecule has 0 spiro atoms. The highest BCUT2D eigenvalue weighted by Crippen LogP contribution is 2.41. The van der Waals surface area contributed by atoms with Gasteiger partial charge in [0, 0.05) is 17.9 Å². The zero-order valence-electron chi connectivity index (χ0n) is 19.1. The molecule has 2 aromatic carbocycles. The molecule has 1 aliphatic carbocycles. The van der Waals surface area contributed by atoms with Gasteiger partial charge in [-0.15, -0.1) is 0 Å². The summed E-state index contributed by atoms with van der Waals surface area (Å²) in [4.78, 5) is 26.0. The second-order valence-electron chi connectivity index (χ2n) is 9.21. The van der Waals surface area contributed by atoms with Crippen molar-refractivity contribution in [3.05, 3.63) is 59.1 Å². The van der Waals surface area contributed by atoms with Crippen molar-refractivity contribution < 1.29 is 14.3 Å². The fourth-order valence-corrected chi connectivity index (χ4v) is 5.39. The molecule has 1 unspecified atom stereocenters. The minimum absolute atomic E-state index is 0.0905. The molecule has 4 rings (SSSR count). The van der Waals surface area contributed by atoms with E-state index in [0.29, 0.717) is 28.6 Å². The van der Waals surface area contributed by atoms with Crippen molar-refractivity contribution in [1.82, 2.24) is 0 Å². The van der Waals surface area contributed by atoms with Gasteiger partial charge in [0.2, 0.25) is 0 Å². The standard InChI is InChI=1S/C27H33ClN2O3/c28-23-19-22(29-25(31)20-11-6-5-7-12-20)15-16-24(23)30-26(32)27(17-10-18-33-27)21-13-8-3-1-2-4-9-14-21/h5-7,11-12,15-16,19,21H,1-4,8-10,13-14,17-18H2,(H,29,31)(H,30,32). The molecule has 0 radical (unpaired) electrons. The molecule has 1 heterocycles. The Morgan fingerprint density at radius 2 is 1.58 bits per heavy atom. The number of hydrogen-bond acceptors (Lipinski definition) is 3. The van der Waals surface area contributed by atoms with Crippen LogP contribution in [0.3, 0.4) is 0 Å². The van der Waals surface area contributed by atoms with Gasteiger partial charge in [0.05, 0.1) is 10.7 Å². The van der Waals surface area contributed by atoms with E-state index in [4.69, 9.17) is 16.3 Å². The van der Waals surface area contributed by atoms with Crippen LogP contribution >= 0.6 is 11.6 Å². The van der Waals surface area contributed by atoms with E-state index in [1.165, 1.54) is 25.7 Å². The lowest BCUT2D eigenvalue weighted by atomic mass is 9.78. The van der Waals surface area contributed by atoms with E-state index in [1.54, 1.807) is 30.3 Å². The van der Waals surface area contributed by atoms with Crippen LogP contribution in [0.5, 0.6) is 0 Å². The van der Waals surface area contributed by atoms with Gasteiger partial charge in [0.1, 0.15) is 5.60 Å². The lowest BCUT2D eigenvalue weighted by Crippen LogP contribution is -2.49. The molecule has 1 saturated carbocycles. The van der Waals surface area contributed by atoms with Gasteiger partial charge >= 0.3 is 0 Å². The molecule has 2 fully saturated rings. The Morgan fingerprint density at radius 3 is 2.21 bits per heavy atom. The van der Waals surface area contributed by atoms with Crippen LogP contribution < -0.4 is 10.6 Å². The van der Waals surface area contributed by atoms with Crippen molar-refractivity contribution in [3.63, 3.8) is 0 Å². The van der Waals surface area contributed by atoms with Crippen molar-refractivity contribution in [3.8, 4) is 0 Å². The van der Waals surface area contributed by atoms with Gasteiger partial charge in [-0.1, -0.05) is 68.3 Å². The normalized spacial score (nSPS) is 22.1. The third-order valence-electron chi connectivity index (χ3n) is 6.96. The first kappa shape index (κ1) is 23.8. The molecular formula is C27H33ClN2O3. The molecule has 33 heavy (non-hydrogen) atoms. The van der Waals surface area contributed by atoms with Gasteiger partial charge in [-0.25, -0.2) is 0 Å². The molecule has 2 N–H and O–H groups in total. The first-order valence-corrected chi connectivity index (χ1v) is 12.6. The lowest BCUT2D eigenvalue weighted by molar-refractivity contribution is -0.143. The Labute approximate surface area is 201 Å². The highest BCUT2D eigenvalue weighted by molar-refractivity contribution is 6.34. The molecule has 1 atom stereocenters. The Morgan fingerprint density at radius 1 is 0.879 bits per heavy atom. The van der Waals surface area contributed by atoms with Crippen LogP contribution in [-0.2, 0) is 9.53 Å². The maximum absolute atomic E-state index is 13.6. The van der Waals surface area contributed by atoms with Crippen LogP contribution in [-0.4, -0.2) is 24.0 Å². The number of carbonyl (C=O) groups is 2. The molecular weight excluding hydrogens is 436 g/mol. The Balaban J connectivity index is 1.46. The van der Waals surface area contributed by atoms with Gasteiger partial charge < -0.3 is 15.4 Å². The SMILES string of the molecule is O=C(Nc1ccc(NC(=O)C2(C3CCCCCCCC3)CCCO2)c(Cl)c1)c1ccccc1. The fraction of sp³-hybridized carbons (Fsp3) is 0.481. The van der Waals surface area contributed by atoms with E-state index in [2.05, 4.69) is 10.6 Å². The highest BCUT2D eigenvalue weighted by Gasteiger charge is 2.48. The molecule has 6 heteroatoms. The highest BCUT2D eigenvalue weighted by atomic mass is 35.5. The Kier molecular flexibility index (Phi) is 8.05. The van der Waals surface area contributed by atoms with Crippen LogP contribution in [0, 0.1) is 5.92 Å². The fourth-order valence-electron chi connectivity index (χ4n) is 5.16. The number of hydrogen-bond donors (Lipinski definition) is 2. The number of rotatable bonds is 5. The zero-order chi connectivity index (χ0) is 23.1. The van der Waals surface area contributed by atoms with E-state index < -0.39 is 5.60 Å². The number of benzene rings is 2. The van der Waals surface area contributed by atoms with Crippen LogP contribution in [0.15, 0.2) is 48.5 Å². The summed E-state index contributed by atoms with van der Waals surface area (Å²) in [7, 11) is 0. The largest absolute Gasteiger partial charge is 0.365 e. The maximum atomic E-state index is 13.6. The van der Waals surface area contributed by atoms with Crippen molar-refractivity contribution in [1.29, 1.82) is 0 Å². The van der Waals surface area contributed by atoms with Crippen LogP contribution in [0.2, 0.25) is 5.02 Å². The first-order chi connectivity index (χ1) is 16.1.